The monoisotopic (exact) mass is 243 g/mol. The van der Waals surface area contributed by atoms with Crippen LogP contribution >= 0.6 is 0 Å². The van der Waals surface area contributed by atoms with Crippen LogP contribution in [0, 0.1) is 0 Å². The quantitative estimate of drug-likeness (QED) is 0.688. The number of nitrogens with zero attached hydrogens (tertiary/aromatic N) is 1. The molecule has 0 saturated carbocycles. The Kier molecular flexibility index (Phi) is 5.61. The van der Waals surface area contributed by atoms with E-state index in [1.807, 2.05) is 13.8 Å². The number of hydrogen-bond donors (Lipinski definition) is 2. The van der Waals surface area contributed by atoms with Crippen LogP contribution in [0.25, 0.3) is 0 Å². The zero-order chi connectivity index (χ0) is 12.8. The minimum atomic E-state index is -0.854. The number of ether oxygens (including phenoxy) is 1. The van der Waals surface area contributed by atoms with Gasteiger partial charge < -0.3 is 14.9 Å². The molecule has 0 aromatic heterocycles. The van der Waals surface area contributed by atoms with E-state index in [4.69, 9.17) is 14.9 Å². The van der Waals surface area contributed by atoms with E-state index in [2.05, 4.69) is 4.90 Å². The molecule has 5 nitrogen and oxygen atoms in total. The van der Waals surface area contributed by atoms with Crippen molar-refractivity contribution in [3.05, 3.63) is 11.6 Å². The number of rotatable bonds is 5. The molecule has 0 aromatic rings. The number of carboxylic acids is 1. The lowest BCUT2D eigenvalue weighted by molar-refractivity contribution is -0.132. The van der Waals surface area contributed by atoms with E-state index in [0.717, 1.165) is 6.54 Å². The third-order valence-electron chi connectivity index (χ3n) is 2.86. The molecule has 5 heteroatoms. The van der Waals surface area contributed by atoms with Crippen LogP contribution in [-0.4, -0.2) is 59.5 Å². The summed E-state index contributed by atoms with van der Waals surface area (Å²) in [5, 5.41) is 18.0. The lowest BCUT2D eigenvalue weighted by Gasteiger charge is -2.35. The summed E-state index contributed by atoms with van der Waals surface area (Å²) in [5.74, 6) is -0.854. The first-order chi connectivity index (χ1) is 8.06. The number of morpholine rings is 1. The number of carboxylic acid groups (broad SMARTS) is 1. The zero-order valence-corrected chi connectivity index (χ0v) is 10.4. The summed E-state index contributed by atoms with van der Waals surface area (Å²) in [5.41, 5.74) is 0.435. The highest BCUT2D eigenvalue weighted by molar-refractivity contribution is 5.86. The van der Waals surface area contributed by atoms with Crippen molar-refractivity contribution in [3.8, 4) is 0 Å². The van der Waals surface area contributed by atoms with E-state index < -0.39 is 5.97 Å². The fourth-order valence-electron chi connectivity index (χ4n) is 2.01. The maximum Gasteiger partial charge on any atom is 0.331 e. The zero-order valence-electron chi connectivity index (χ0n) is 10.4. The number of carbonyl (C=O) groups is 1. The normalized spacial score (nSPS) is 27.1. The summed E-state index contributed by atoms with van der Waals surface area (Å²) in [4.78, 5) is 12.9. The number of aliphatic carboxylic acids is 1. The predicted octanol–water partition coefficient (Wildman–Crippen LogP) is 0.489. The Morgan fingerprint density at radius 3 is 2.76 bits per heavy atom. The Morgan fingerprint density at radius 2 is 2.24 bits per heavy atom. The number of aliphatic hydroxyl groups is 1. The van der Waals surface area contributed by atoms with Gasteiger partial charge in [0.05, 0.1) is 18.8 Å². The summed E-state index contributed by atoms with van der Waals surface area (Å²) in [7, 11) is 0. The molecular formula is C12H21NO4. The highest BCUT2D eigenvalue weighted by Gasteiger charge is 2.23. The number of aliphatic hydroxyl groups excluding tert-OH is 1. The predicted molar refractivity (Wildman–Crippen MR) is 63.9 cm³/mol. The lowest BCUT2D eigenvalue weighted by Crippen LogP contribution is -2.47. The van der Waals surface area contributed by atoms with Crippen molar-refractivity contribution in [2.45, 2.75) is 32.5 Å². The van der Waals surface area contributed by atoms with Gasteiger partial charge in [-0.15, -0.1) is 0 Å². The fourth-order valence-corrected chi connectivity index (χ4v) is 2.01. The van der Waals surface area contributed by atoms with Crippen LogP contribution in [0.15, 0.2) is 11.6 Å². The number of hydrogen-bond acceptors (Lipinski definition) is 4. The van der Waals surface area contributed by atoms with Gasteiger partial charge >= 0.3 is 5.97 Å². The maximum atomic E-state index is 10.8. The molecule has 2 atom stereocenters. The van der Waals surface area contributed by atoms with Gasteiger partial charge in [0, 0.05) is 25.2 Å². The average molecular weight is 243 g/mol. The first-order valence-corrected chi connectivity index (χ1v) is 5.97. The topological polar surface area (TPSA) is 70.0 Å². The first kappa shape index (κ1) is 14.2. The molecule has 0 bridgehead atoms. The van der Waals surface area contributed by atoms with Crippen LogP contribution in [0.2, 0.25) is 0 Å². The van der Waals surface area contributed by atoms with E-state index in [1.165, 1.54) is 0 Å². The highest BCUT2D eigenvalue weighted by Crippen LogP contribution is 2.11. The third kappa shape index (κ3) is 4.46. The lowest BCUT2D eigenvalue weighted by atomic mass is 10.1. The first-order valence-electron chi connectivity index (χ1n) is 5.97. The molecule has 0 spiro atoms. The van der Waals surface area contributed by atoms with Crippen molar-refractivity contribution in [2.24, 2.45) is 0 Å². The second-order valence-corrected chi connectivity index (χ2v) is 4.36. The molecular weight excluding hydrogens is 222 g/mol. The second-order valence-electron chi connectivity index (χ2n) is 4.36. The molecule has 98 valence electrons. The van der Waals surface area contributed by atoms with Crippen LogP contribution < -0.4 is 0 Å². The van der Waals surface area contributed by atoms with E-state index >= 15 is 0 Å². The minimum Gasteiger partial charge on any atom is -0.478 e. The molecule has 17 heavy (non-hydrogen) atoms. The SMILES string of the molecule is CCC(=CCN1CC(C)OC(CO)C1)C(=O)O. The Labute approximate surface area is 102 Å². The Hall–Kier alpha value is -0.910. The highest BCUT2D eigenvalue weighted by atomic mass is 16.5. The van der Waals surface area contributed by atoms with Gasteiger partial charge in [0.2, 0.25) is 0 Å². The summed E-state index contributed by atoms with van der Waals surface area (Å²) in [6.07, 6.45) is 2.18. The summed E-state index contributed by atoms with van der Waals surface area (Å²) >= 11 is 0. The molecule has 1 fully saturated rings. The van der Waals surface area contributed by atoms with Gasteiger partial charge in [0.25, 0.3) is 0 Å². The van der Waals surface area contributed by atoms with Crippen LogP contribution in [0.1, 0.15) is 20.3 Å². The van der Waals surface area contributed by atoms with E-state index in [0.29, 0.717) is 25.1 Å². The third-order valence-corrected chi connectivity index (χ3v) is 2.86. The van der Waals surface area contributed by atoms with Crippen molar-refractivity contribution in [1.29, 1.82) is 0 Å². The molecule has 1 aliphatic rings. The van der Waals surface area contributed by atoms with Crippen molar-refractivity contribution in [2.75, 3.05) is 26.2 Å². The van der Waals surface area contributed by atoms with Crippen LogP contribution in [0.4, 0.5) is 0 Å². The molecule has 1 aliphatic heterocycles. The smallest absolute Gasteiger partial charge is 0.331 e. The fraction of sp³-hybridized carbons (Fsp3) is 0.750. The summed E-state index contributed by atoms with van der Waals surface area (Å²) < 4.78 is 5.52. The standard InChI is InChI=1S/C12H21NO4/c1-3-10(12(15)16)4-5-13-6-9(2)17-11(7-13)8-14/h4,9,11,14H,3,5-8H2,1-2H3,(H,15,16). The second kappa shape index (κ2) is 6.74. The van der Waals surface area contributed by atoms with Crippen molar-refractivity contribution < 1.29 is 19.7 Å². The Balaban J connectivity index is 2.53. The van der Waals surface area contributed by atoms with Crippen LogP contribution in [0.5, 0.6) is 0 Å². The van der Waals surface area contributed by atoms with Crippen molar-refractivity contribution in [3.63, 3.8) is 0 Å². The molecule has 0 aliphatic carbocycles. The van der Waals surface area contributed by atoms with Crippen LogP contribution in [0.3, 0.4) is 0 Å². The summed E-state index contributed by atoms with van der Waals surface area (Å²) in [6, 6.07) is 0. The van der Waals surface area contributed by atoms with Gasteiger partial charge in [-0.3, -0.25) is 4.90 Å². The molecule has 0 amide bonds. The van der Waals surface area contributed by atoms with Crippen LogP contribution in [-0.2, 0) is 9.53 Å². The average Bonchev–Trinajstić information content (AvgIpc) is 2.28. The van der Waals surface area contributed by atoms with E-state index in [9.17, 15) is 4.79 Å². The van der Waals surface area contributed by atoms with E-state index in [-0.39, 0.29) is 18.8 Å². The Morgan fingerprint density at radius 1 is 1.53 bits per heavy atom. The molecule has 1 saturated heterocycles. The summed E-state index contributed by atoms with van der Waals surface area (Å²) in [6.45, 7) is 5.80. The van der Waals surface area contributed by atoms with E-state index in [1.54, 1.807) is 6.08 Å². The van der Waals surface area contributed by atoms with Gasteiger partial charge in [-0.2, -0.15) is 0 Å². The van der Waals surface area contributed by atoms with Gasteiger partial charge in [-0.05, 0) is 13.3 Å². The van der Waals surface area contributed by atoms with Gasteiger partial charge in [-0.1, -0.05) is 13.0 Å². The Bertz CT molecular complexity index is 290. The van der Waals surface area contributed by atoms with Gasteiger partial charge in [0.1, 0.15) is 0 Å². The maximum absolute atomic E-state index is 10.8. The molecule has 0 aromatic carbocycles. The van der Waals surface area contributed by atoms with Crippen molar-refractivity contribution >= 4 is 5.97 Å². The molecule has 1 rings (SSSR count). The van der Waals surface area contributed by atoms with Crippen molar-refractivity contribution in [1.82, 2.24) is 4.90 Å². The molecule has 2 unspecified atom stereocenters. The molecule has 1 heterocycles. The van der Waals surface area contributed by atoms with Gasteiger partial charge in [-0.25, -0.2) is 4.79 Å². The largest absolute Gasteiger partial charge is 0.478 e. The van der Waals surface area contributed by atoms with Gasteiger partial charge in [0.15, 0.2) is 0 Å². The minimum absolute atomic E-state index is 0.00409. The molecule has 0 radical (unpaired) electrons. The molecule has 2 N–H and O–H groups in total.